The molecule has 0 aromatic heterocycles. The molecule has 3 nitrogen and oxygen atoms in total. The molecule has 106 valence electrons. The van der Waals surface area contributed by atoms with Gasteiger partial charge in [0.25, 0.3) is 0 Å². The predicted molar refractivity (Wildman–Crippen MR) is 78.6 cm³/mol. The van der Waals surface area contributed by atoms with Crippen molar-refractivity contribution in [3.8, 4) is 0 Å². The van der Waals surface area contributed by atoms with Crippen LogP contribution in [0.3, 0.4) is 0 Å². The van der Waals surface area contributed by atoms with E-state index in [1.165, 1.54) is 26.4 Å². The number of methoxy groups -OCH3 is 1. The Morgan fingerprint density at radius 2 is 1.95 bits per heavy atom. The fourth-order valence-electron chi connectivity index (χ4n) is 2.18. The molecule has 0 saturated carbocycles. The fraction of sp³-hybridized carbons (Fsp3) is 0.562. The zero-order valence-electron chi connectivity index (χ0n) is 12.3. The van der Waals surface area contributed by atoms with Gasteiger partial charge in [0.2, 0.25) is 0 Å². The summed E-state index contributed by atoms with van der Waals surface area (Å²) >= 11 is 0. The molecule has 0 fully saturated rings. The van der Waals surface area contributed by atoms with Crippen LogP contribution in [0.5, 0.6) is 0 Å². The van der Waals surface area contributed by atoms with Crippen molar-refractivity contribution in [3.05, 3.63) is 34.9 Å². The largest absolute Gasteiger partial charge is 0.465 e. The molecule has 0 aliphatic rings. The highest BCUT2D eigenvalue weighted by Gasteiger charge is 2.11. The average Bonchev–Trinajstić information content (AvgIpc) is 2.43. The van der Waals surface area contributed by atoms with Gasteiger partial charge in [-0.3, -0.25) is 0 Å². The smallest absolute Gasteiger partial charge is 0.338 e. The maximum atomic E-state index is 11.7. The number of unbranched alkanes of at least 4 members (excludes halogenated alkanes) is 3. The molecule has 1 rings (SSSR count). The molecule has 0 aliphatic carbocycles. The van der Waals surface area contributed by atoms with Crippen LogP contribution in [-0.2, 0) is 11.2 Å². The second-order valence-corrected chi connectivity index (χ2v) is 4.92. The molecule has 3 heteroatoms. The van der Waals surface area contributed by atoms with Gasteiger partial charge < -0.3 is 10.1 Å². The number of hydrogen-bond acceptors (Lipinski definition) is 3. The van der Waals surface area contributed by atoms with Crippen molar-refractivity contribution < 1.29 is 9.53 Å². The minimum Gasteiger partial charge on any atom is -0.465 e. The van der Waals surface area contributed by atoms with E-state index in [1.54, 1.807) is 0 Å². The van der Waals surface area contributed by atoms with Gasteiger partial charge in [-0.2, -0.15) is 0 Å². The van der Waals surface area contributed by atoms with Crippen LogP contribution in [0.4, 0.5) is 0 Å². The van der Waals surface area contributed by atoms with Gasteiger partial charge in [-0.25, -0.2) is 4.79 Å². The summed E-state index contributed by atoms with van der Waals surface area (Å²) in [4.78, 5) is 11.7. The number of carbonyl (C=O) groups excluding carboxylic acids is 1. The lowest BCUT2D eigenvalue weighted by Gasteiger charge is -2.09. The third kappa shape index (κ3) is 5.43. The number of nitrogens with one attached hydrogen (secondary N) is 1. The Kier molecular flexibility index (Phi) is 7.19. The van der Waals surface area contributed by atoms with Crippen LogP contribution in [0.1, 0.15) is 47.2 Å². The van der Waals surface area contributed by atoms with E-state index in [9.17, 15) is 4.79 Å². The summed E-state index contributed by atoms with van der Waals surface area (Å²) in [5, 5.41) is 3.15. The van der Waals surface area contributed by atoms with E-state index in [2.05, 4.69) is 17.4 Å². The van der Waals surface area contributed by atoms with Crippen LogP contribution in [0.2, 0.25) is 0 Å². The number of benzene rings is 1. The lowest BCUT2D eigenvalue weighted by Crippen LogP contribution is -2.07. The SMILES string of the molecule is CNCCCCCCc1ccc(C)cc1C(=O)OC. The molecule has 0 radical (unpaired) electrons. The van der Waals surface area contributed by atoms with Gasteiger partial charge in [0, 0.05) is 0 Å². The molecule has 0 bridgehead atoms. The van der Waals surface area contributed by atoms with Crippen LogP contribution in [0.15, 0.2) is 18.2 Å². The van der Waals surface area contributed by atoms with Gasteiger partial charge in [-0.05, 0) is 51.4 Å². The third-order valence-electron chi connectivity index (χ3n) is 3.29. The first-order chi connectivity index (χ1) is 9.19. The van der Waals surface area contributed by atoms with Crippen LogP contribution in [0, 0.1) is 6.92 Å². The monoisotopic (exact) mass is 263 g/mol. The van der Waals surface area contributed by atoms with Crippen molar-refractivity contribution in [1.29, 1.82) is 0 Å². The zero-order chi connectivity index (χ0) is 14.1. The third-order valence-corrected chi connectivity index (χ3v) is 3.29. The van der Waals surface area contributed by atoms with E-state index in [0.29, 0.717) is 0 Å². The van der Waals surface area contributed by atoms with Crippen molar-refractivity contribution in [3.63, 3.8) is 0 Å². The molecule has 0 saturated heterocycles. The van der Waals surface area contributed by atoms with Gasteiger partial charge in [0.1, 0.15) is 0 Å². The summed E-state index contributed by atoms with van der Waals surface area (Å²) in [6, 6.07) is 6.03. The lowest BCUT2D eigenvalue weighted by molar-refractivity contribution is 0.0599. The summed E-state index contributed by atoms with van der Waals surface area (Å²) in [5.74, 6) is -0.228. The van der Waals surface area contributed by atoms with Crippen LogP contribution < -0.4 is 5.32 Å². The Labute approximate surface area is 116 Å². The van der Waals surface area contributed by atoms with E-state index in [4.69, 9.17) is 4.74 Å². The quantitative estimate of drug-likeness (QED) is 0.578. The second kappa shape index (κ2) is 8.70. The molecule has 0 atom stereocenters. The lowest BCUT2D eigenvalue weighted by atomic mass is 9.99. The minimum absolute atomic E-state index is 0.228. The van der Waals surface area contributed by atoms with E-state index >= 15 is 0 Å². The summed E-state index contributed by atoms with van der Waals surface area (Å²) < 4.78 is 4.84. The molecule has 1 N–H and O–H groups in total. The minimum atomic E-state index is -0.228. The Hall–Kier alpha value is -1.35. The summed E-state index contributed by atoms with van der Waals surface area (Å²) in [7, 11) is 3.42. The van der Waals surface area contributed by atoms with Crippen molar-refractivity contribution in [1.82, 2.24) is 5.32 Å². The van der Waals surface area contributed by atoms with E-state index in [-0.39, 0.29) is 5.97 Å². The van der Waals surface area contributed by atoms with E-state index in [1.807, 2.05) is 20.0 Å². The predicted octanol–water partition coefficient (Wildman–Crippen LogP) is 3.10. The zero-order valence-corrected chi connectivity index (χ0v) is 12.3. The summed E-state index contributed by atoms with van der Waals surface area (Å²) in [6.45, 7) is 3.08. The Morgan fingerprint density at radius 1 is 1.21 bits per heavy atom. The first kappa shape index (κ1) is 15.7. The van der Waals surface area contributed by atoms with Gasteiger partial charge in [0.05, 0.1) is 12.7 Å². The van der Waals surface area contributed by atoms with Gasteiger partial charge in [-0.1, -0.05) is 30.5 Å². The number of rotatable bonds is 8. The van der Waals surface area contributed by atoms with Gasteiger partial charge in [0.15, 0.2) is 0 Å². The molecule has 1 aromatic carbocycles. The van der Waals surface area contributed by atoms with Crippen molar-refractivity contribution in [2.45, 2.75) is 39.0 Å². The number of aryl methyl sites for hydroxylation is 2. The van der Waals surface area contributed by atoms with Crippen LogP contribution in [-0.4, -0.2) is 26.7 Å². The maximum absolute atomic E-state index is 11.7. The van der Waals surface area contributed by atoms with Crippen molar-refractivity contribution in [2.75, 3.05) is 20.7 Å². The van der Waals surface area contributed by atoms with E-state index in [0.717, 1.165) is 36.1 Å². The molecule has 0 heterocycles. The normalized spacial score (nSPS) is 10.5. The van der Waals surface area contributed by atoms with E-state index < -0.39 is 0 Å². The molecule has 0 amide bonds. The molecular weight excluding hydrogens is 238 g/mol. The molecule has 1 aromatic rings. The summed E-state index contributed by atoms with van der Waals surface area (Å²) in [6.07, 6.45) is 5.73. The van der Waals surface area contributed by atoms with Crippen molar-refractivity contribution >= 4 is 5.97 Å². The number of ether oxygens (including phenoxy) is 1. The average molecular weight is 263 g/mol. The molecular formula is C16H25NO2. The topological polar surface area (TPSA) is 38.3 Å². The van der Waals surface area contributed by atoms with Gasteiger partial charge in [-0.15, -0.1) is 0 Å². The number of esters is 1. The second-order valence-electron chi connectivity index (χ2n) is 4.92. The molecule has 0 aliphatic heterocycles. The standard InChI is InChI=1S/C16H25NO2/c1-13-9-10-14(15(12-13)16(18)19-3)8-6-4-5-7-11-17-2/h9-10,12,17H,4-8,11H2,1-3H3. The first-order valence-electron chi connectivity index (χ1n) is 7.01. The Balaban J connectivity index is 2.50. The Morgan fingerprint density at radius 3 is 2.63 bits per heavy atom. The fourth-order valence-corrected chi connectivity index (χ4v) is 2.18. The van der Waals surface area contributed by atoms with Crippen LogP contribution >= 0.6 is 0 Å². The van der Waals surface area contributed by atoms with Gasteiger partial charge >= 0.3 is 5.97 Å². The maximum Gasteiger partial charge on any atom is 0.338 e. The number of hydrogen-bond donors (Lipinski definition) is 1. The molecule has 0 unspecified atom stereocenters. The molecule has 19 heavy (non-hydrogen) atoms. The number of carbonyl (C=O) groups is 1. The van der Waals surface area contributed by atoms with Crippen molar-refractivity contribution in [2.24, 2.45) is 0 Å². The first-order valence-corrected chi connectivity index (χ1v) is 7.01. The highest BCUT2D eigenvalue weighted by molar-refractivity contribution is 5.91. The highest BCUT2D eigenvalue weighted by Crippen LogP contribution is 2.16. The summed E-state index contributed by atoms with van der Waals surface area (Å²) in [5.41, 5.74) is 2.92. The van der Waals surface area contributed by atoms with Crippen LogP contribution in [0.25, 0.3) is 0 Å². The highest BCUT2D eigenvalue weighted by atomic mass is 16.5. The molecule has 0 spiro atoms. The Bertz CT molecular complexity index is 402.